The van der Waals surface area contributed by atoms with Gasteiger partial charge in [0.05, 0.1) is 18.4 Å². The van der Waals surface area contributed by atoms with Crippen LogP contribution in [0.3, 0.4) is 0 Å². The minimum atomic E-state index is -0.397. The molecular formula is C18H21NO4. The monoisotopic (exact) mass is 315 g/mol. The second-order valence-electron chi connectivity index (χ2n) is 6.05. The van der Waals surface area contributed by atoms with Gasteiger partial charge in [0.15, 0.2) is 5.78 Å². The highest BCUT2D eigenvalue weighted by Crippen LogP contribution is 2.40. The van der Waals surface area contributed by atoms with E-state index in [2.05, 4.69) is 0 Å². The van der Waals surface area contributed by atoms with Gasteiger partial charge in [-0.1, -0.05) is 13.8 Å². The molecule has 122 valence electrons. The third-order valence-electron chi connectivity index (χ3n) is 3.76. The van der Waals surface area contributed by atoms with Crippen molar-refractivity contribution in [3.8, 4) is 0 Å². The van der Waals surface area contributed by atoms with E-state index in [0.717, 1.165) is 4.90 Å². The van der Waals surface area contributed by atoms with Crippen molar-refractivity contribution in [1.82, 2.24) is 0 Å². The Bertz CT molecular complexity index is 716. The summed E-state index contributed by atoms with van der Waals surface area (Å²) in [4.78, 5) is 37.4. The highest BCUT2D eigenvalue weighted by molar-refractivity contribution is 6.40. The third kappa shape index (κ3) is 3.04. The number of amides is 2. The number of methoxy groups -OCH3 is 1. The first-order valence-electron chi connectivity index (χ1n) is 7.55. The van der Waals surface area contributed by atoms with Crippen molar-refractivity contribution in [3.63, 3.8) is 0 Å². The molecule has 0 fully saturated rings. The second kappa shape index (κ2) is 6.36. The Hall–Kier alpha value is -2.43. The summed E-state index contributed by atoms with van der Waals surface area (Å²) in [5.74, 6) is -0.0250. The SMILES string of the molecule is COC(CC(C)C)=C1C(=O)N(C(C)=O)c2ccc(C(C)=O)cc21. The fraction of sp³-hybridized carbons (Fsp3) is 0.389. The van der Waals surface area contributed by atoms with Crippen LogP contribution in [0.2, 0.25) is 0 Å². The van der Waals surface area contributed by atoms with Gasteiger partial charge in [-0.15, -0.1) is 0 Å². The fourth-order valence-corrected chi connectivity index (χ4v) is 2.73. The van der Waals surface area contributed by atoms with Gasteiger partial charge in [0.2, 0.25) is 5.91 Å². The Morgan fingerprint density at radius 2 is 1.87 bits per heavy atom. The number of carbonyl (C=O) groups excluding carboxylic acids is 3. The number of anilines is 1. The van der Waals surface area contributed by atoms with Gasteiger partial charge in [0.1, 0.15) is 5.76 Å². The van der Waals surface area contributed by atoms with Gasteiger partial charge in [-0.25, -0.2) is 4.90 Å². The van der Waals surface area contributed by atoms with E-state index in [-0.39, 0.29) is 17.6 Å². The molecular weight excluding hydrogens is 294 g/mol. The van der Waals surface area contributed by atoms with Gasteiger partial charge in [0, 0.05) is 24.5 Å². The summed E-state index contributed by atoms with van der Waals surface area (Å²) in [5, 5.41) is 0. The number of carbonyl (C=O) groups is 3. The van der Waals surface area contributed by atoms with Gasteiger partial charge >= 0.3 is 0 Å². The molecule has 5 nitrogen and oxygen atoms in total. The Morgan fingerprint density at radius 1 is 1.22 bits per heavy atom. The smallest absolute Gasteiger partial charge is 0.269 e. The Kier molecular flexibility index (Phi) is 4.68. The molecule has 1 heterocycles. The van der Waals surface area contributed by atoms with E-state index in [1.54, 1.807) is 18.2 Å². The van der Waals surface area contributed by atoms with Gasteiger partial charge in [0.25, 0.3) is 5.91 Å². The van der Waals surface area contributed by atoms with E-state index in [1.807, 2.05) is 13.8 Å². The lowest BCUT2D eigenvalue weighted by Gasteiger charge is -2.13. The molecule has 0 spiro atoms. The molecule has 0 unspecified atom stereocenters. The number of ether oxygens (including phenoxy) is 1. The van der Waals surface area contributed by atoms with Gasteiger partial charge in [-0.2, -0.15) is 0 Å². The molecule has 2 rings (SSSR count). The number of allylic oxidation sites excluding steroid dienone is 1. The van der Waals surface area contributed by atoms with Crippen molar-refractivity contribution >= 4 is 28.9 Å². The number of imide groups is 1. The fourth-order valence-electron chi connectivity index (χ4n) is 2.73. The van der Waals surface area contributed by atoms with Crippen molar-refractivity contribution in [2.75, 3.05) is 12.0 Å². The number of ketones is 1. The molecule has 1 aliphatic rings. The molecule has 0 aromatic heterocycles. The van der Waals surface area contributed by atoms with Crippen LogP contribution in [0.15, 0.2) is 24.0 Å². The van der Waals surface area contributed by atoms with E-state index >= 15 is 0 Å². The third-order valence-corrected chi connectivity index (χ3v) is 3.76. The summed E-state index contributed by atoms with van der Waals surface area (Å²) in [6.45, 7) is 6.86. The predicted molar refractivity (Wildman–Crippen MR) is 88.0 cm³/mol. The van der Waals surface area contributed by atoms with Crippen LogP contribution in [-0.4, -0.2) is 24.7 Å². The van der Waals surface area contributed by atoms with E-state index in [9.17, 15) is 14.4 Å². The molecule has 0 saturated heterocycles. The molecule has 2 amide bonds. The number of benzene rings is 1. The van der Waals surface area contributed by atoms with Crippen LogP contribution < -0.4 is 4.90 Å². The minimum Gasteiger partial charge on any atom is -0.500 e. The molecule has 0 aliphatic carbocycles. The highest BCUT2D eigenvalue weighted by Gasteiger charge is 2.38. The minimum absolute atomic E-state index is 0.0938. The molecule has 1 aromatic rings. The molecule has 5 heteroatoms. The summed E-state index contributed by atoms with van der Waals surface area (Å²) in [5.41, 5.74) is 1.95. The summed E-state index contributed by atoms with van der Waals surface area (Å²) in [6.07, 6.45) is 0.576. The molecule has 0 bridgehead atoms. The van der Waals surface area contributed by atoms with Crippen LogP contribution in [0.1, 0.15) is 50.0 Å². The quantitative estimate of drug-likeness (QED) is 0.486. The van der Waals surface area contributed by atoms with Crippen LogP contribution in [0, 0.1) is 5.92 Å². The average molecular weight is 315 g/mol. The molecule has 1 aromatic carbocycles. The van der Waals surface area contributed by atoms with Gasteiger partial charge in [-0.05, 0) is 31.0 Å². The zero-order chi connectivity index (χ0) is 17.3. The maximum atomic E-state index is 12.7. The maximum Gasteiger partial charge on any atom is 0.269 e. The summed E-state index contributed by atoms with van der Waals surface area (Å²) in [7, 11) is 1.52. The Morgan fingerprint density at radius 3 is 2.35 bits per heavy atom. The average Bonchev–Trinajstić information content (AvgIpc) is 2.75. The highest BCUT2D eigenvalue weighted by atomic mass is 16.5. The largest absolute Gasteiger partial charge is 0.500 e. The van der Waals surface area contributed by atoms with Crippen LogP contribution >= 0.6 is 0 Å². The van der Waals surface area contributed by atoms with E-state index in [4.69, 9.17) is 4.74 Å². The molecule has 0 saturated carbocycles. The van der Waals surface area contributed by atoms with Crippen molar-refractivity contribution in [1.29, 1.82) is 0 Å². The first-order valence-corrected chi connectivity index (χ1v) is 7.55. The number of hydrogen-bond donors (Lipinski definition) is 0. The van der Waals surface area contributed by atoms with Crippen molar-refractivity contribution in [2.45, 2.75) is 34.1 Å². The van der Waals surface area contributed by atoms with E-state index < -0.39 is 5.91 Å². The first-order chi connectivity index (χ1) is 10.8. The standard InChI is InChI=1S/C18H21NO4/c1-10(2)8-16(23-5)17-14-9-13(11(3)20)6-7-15(14)19(12(4)21)18(17)22/h6-7,9-10H,8H2,1-5H3. The predicted octanol–water partition coefficient (Wildman–Crippen LogP) is 3.19. The number of Topliss-reactive ketones (excluding diaryl/α,β-unsaturated/α-hetero) is 1. The molecule has 0 radical (unpaired) electrons. The lowest BCUT2D eigenvalue weighted by Crippen LogP contribution is -2.31. The van der Waals surface area contributed by atoms with Crippen molar-refractivity contribution in [2.24, 2.45) is 5.92 Å². The molecule has 1 aliphatic heterocycles. The molecule has 23 heavy (non-hydrogen) atoms. The maximum absolute atomic E-state index is 12.7. The zero-order valence-corrected chi connectivity index (χ0v) is 14.1. The van der Waals surface area contributed by atoms with Crippen molar-refractivity contribution in [3.05, 3.63) is 35.1 Å². The Balaban J connectivity index is 2.73. The number of nitrogens with zero attached hydrogens (tertiary/aromatic N) is 1. The van der Waals surface area contributed by atoms with Crippen LogP contribution in [-0.2, 0) is 14.3 Å². The lowest BCUT2D eigenvalue weighted by atomic mass is 9.98. The topological polar surface area (TPSA) is 63.7 Å². The normalized spacial score (nSPS) is 15.7. The van der Waals surface area contributed by atoms with Crippen LogP contribution in [0.5, 0.6) is 0 Å². The van der Waals surface area contributed by atoms with Gasteiger partial charge in [-0.3, -0.25) is 14.4 Å². The summed E-state index contributed by atoms with van der Waals surface area (Å²) in [6, 6.07) is 4.93. The van der Waals surface area contributed by atoms with E-state index in [0.29, 0.717) is 34.6 Å². The number of rotatable bonds is 4. The first kappa shape index (κ1) is 16.9. The summed E-state index contributed by atoms with van der Waals surface area (Å²) >= 11 is 0. The molecule has 0 atom stereocenters. The van der Waals surface area contributed by atoms with Gasteiger partial charge < -0.3 is 4.74 Å². The number of fused-ring (bicyclic) bond motifs is 1. The van der Waals surface area contributed by atoms with E-state index in [1.165, 1.54) is 21.0 Å². The lowest BCUT2D eigenvalue weighted by molar-refractivity contribution is -0.122. The zero-order valence-electron chi connectivity index (χ0n) is 14.1. The Labute approximate surface area is 135 Å². The second-order valence-corrected chi connectivity index (χ2v) is 6.05. The van der Waals surface area contributed by atoms with Crippen LogP contribution in [0.25, 0.3) is 5.57 Å². The molecule has 0 N–H and O–H groups in total. The summed E-state index contributed by atoms with van der Waals surface area (Å²) < 4.78 is 5.44. The van der Waals surface area contributed by atoms with Crippen LogP contribution in [0.4, 0.5) is 5.69 Å². The van der Waals surface area contributed by atoms with Crippen molar-refractivity contribution < 1.29 is 19.1 Å². The number of hydrogen-bond acceptors (Lipinski definition) is 4.